The average molecular weight is 359 g/mol. The minimum Gasteiger partial charge on any atom is -0.378 e. The second-order valence-corrected chi connectivity index (χ2v) is 7.04. The van der Waals surface area contributed by atoms with Crippen molar-refractivity contribution >= 4 is 17.2 Å². The average Bonchev–Trinajstić information content (AvgIpc) is 2.74. The van der Waals surface area contributed by atoms with Crippen LogP contribution in [0, 0.1) is 0 Å². The fourth-order valence-corrected chi connectivity index (χ4v) is 3.65. The molecule has 0 N–H and O–H groups in total. The van der Waals surface area contributed by atoms with Crippen LogP contribution in [0.2, 0.25) is 0 Å². The van der Waals surface area contributed by atoms with Crippen LogP contribution in [0.3, 0.4) is 0 Å². The van der Waals surface area contributed by atoms with Gasteiger partial charge in [-0.3, -0.25) is 4.98 Å². The number of benzene rings is 2. The summed E-state index contributed by atoms with van der Waals surface area (Å²) in [6, 6.07) is 19.7. The van der Waals surface area contributed by atoms with Gasteiger partial charge in [0.25, 0.3) is 0 Å². The summed E-state index contributed by atoms with van der Waals surface area (Å²) in [6.45, 7) is 2.79. The Bertz CT molecular complexity index is 849. The van der Waals surface area contributed by atoms with Crippen molar-refractivity contribution in [3.63, 3.8) is 0 Å². The van der Waals surface area contributed by atoms with E-state index in [1.165, 1.54) is 16.9 Å². The van der Waals surface area contributed by atoms with Gasteiger partial charge in [-0.05, 0) is 29.8 Å². The van der Waals surface area contributed by atoms with Crippen LogP contribution in [-0.2, 0) is 0 Å². The van der Waals surface area contributed by atoms with Crippen LogP contribution in [0.4, 0.5) is 17.2 Å². The van der Waals surface area contributed by atoms with Gasteiger partial charge in [0, 0.05) is 57.5 Å². The van der Waals surface area contributed by atoms with Crippen molar-refractivity contribution in [2.45, 2.75) is 6.04 Å². The molecule has 1 aliphatic rings. The second-order valence-electron chi connectivity index (χ2n) is 7.04. The fraction of sp³-hybridized carbons (Fsp3) is 0.273. The third-order valence-electron chi connectivity index (χ3n) is 5.14. The molecule has 3 aromatic rings. The van der Waals surface area contributed by atoms with Crippen molar-refractivity contribution in [1.82, 2.24) is 9.97 Å². The van der Waals surface area contributed by atoms with Gasteiger partial charge in [-0.1, -0.05) is 30.3 Å². The van der Waals surface area contributed by atoms with E-state index in [4.69, 9.17) is 0 Å². The molecule has 27 heavy (non-hydrogen) atoms. The first-order valence-electron chi connectivity index (χ1n) is 9.32. The summed E-state index contributed by atoms with van der Waals surface area (Å²) >= 11 is 0. The molecule has 1 aromatic heterocycles. The van der Waals surface area contributed by atoms with Crippen LogP contribution in [0.25, 0.3) is 0 Å². The van der Waals surface area contributed by atoms with Gasteiger partial charge in [0.2, 0.25) is 0 Å². The molecule has 0 bridgehead atoms. The lowest BCUT2D eigenvalue weighted by atomic mass is 10.0. The van der Waals surface area contributed by atoms with E-state index in [2.05, 4.69) is 93.4 Å². The summed E-state index contributed by atoms with van der Waals surface area (Å²) in [4.78, 5) is 15.8. The molecule has 0 radical (unpaired) electrons. The minimum absolute atomic E-state index is 0.229. The maximum absolute atomic E-state index is 4.56. The molecule has 5 nitrogen and oxygen atoms in total. The summed E-state index contributed by atoms with van der Waals surface area (Å²) < 4.78 is 0. The highest BCUT2D eigenvalue weighted by Crippen LogP contribution is 2.32. The molecular weight excluding hydrogens is 334 g/mol. The Morgan fingerprint density at radius 2 is 1.70 bits per heavy atom. The quantitative estimate of drug-likeness (QED) is 0.711. The number of piperazine rings is 1. The normalized spacial score (nSPS) is 17.0. The molecule has 0 spiro atoms. The Balaban J connectivity index is 1.66. The van der Waals surface area contributed by atoms with Gasteiger partial charge in [-0.15, -0.1) is 0 Å². The van der Waals surface area contributed by atoms with E-state index in [0.29, 0.717) is 0 Å². The molecule has 0 aliphatic carbocycles. The molecular formula is C22H25N5. The predicted molar refractivity (Wildman–Crippen MR) is 112 cm³/mol. The third kappa shape index (κ3) is 3.72. The summed E-state index contributed by atoms with van der Waals surface area (Å²) in [5.74, 6) is 0.937. The molecule has 4 rings (SSSR count). The minimum atomic E-state index is 0.229. The van der Waals surface area contributed by atoms with Gasteiger partial charge in [0.15, 0.2) is 0 Å². The van der Waals surface area contributed by atoms with E-state index in [1.807, 2.05) is 6.20 Å². The maximum atomic E-state index is 4.56. The number of rotatable bonds is 4. The van der Waals surface area contributed by atoms with Crippen LogP contribution in [0.5, 0.6) is 0 Å². The topological polar surface area (TPSA) is 35.5 Å². The Morgan fingerprint density at radius 1 is 0.926 bits per heavy atom. The largest absolute Gasteiger partial charge is 0.378 e. The number of hydrogen-bond donors (Lipinski definition) is 0. The van der Waals surface area contributed by atoms with Crippen molar-refractivity contribution < 1.29 is 0 Å². The highest BCUT2D eigenvalue weighted by molar-refractivity contribution is 5.53. The van der Waals surface area contributed by atoms with Gasteiger partial charge >= 0.3 is 0 Å². The summed E-state index contributed by atoms with van der Waals surface area (Å²) in [7, 11) is 4.14. The number of anilines is 3. The molecule has 0 amide bonds. The van der Waals surface area contributed by atoms with Gasteiger partial charge in [-0.25, -0.2) is 4.98 Å². The molecule has 2 aromatic carbocycles. The monoisotopic (exact) mass is 359 g/mol. The second kappa shape index (κ2) is 7.66. The lowest BCUT2D eigenvalue weighted by Crippen LogP contribution is -2.49. The molecule has 1 atom stereocenters. The fourth-order valence-electron chi connectivity index (χ4n) is 3.65. The van der Waals surface area contributed by atoms with E-state index in [1.54, 1.807) is 12.4 Å². The van der Waals surface area contributed by atoms with Crippen LogP contribution < -0.4 is 14.7 Å². The van der Waals surface area contributed by atoms with Gasteiger partial charge in [-0.2, -0.15) is 0 Å². The first kappa shape index (κ1) is 17.3. The molecule has 2 heterocycles. The summed E-state index contributed by atoms with van der Waals surface area (Å²) in [5.41, 5.74) is 3.78. The first-order chi connectivity index (χ1) is 13.2. The molecule has 5 heteroatoms. The summed E-state index contributed by atoms with van der Waals surface area (Å²) in [6.07, 6.45) is 5.36. The highest BCUT2D eigenvalue weighted by atomic mass is 15.3. The van der Waals surface area contributed by atoms with Gasteiger partial charge in [0.1, 0.15) is 5.82 Å². The van der Waals surface area contributed by atoms with Crippen LogP contribution in [0.15, 0.2) is 73.2 Å². The predicted octanol–water partition coefficient (Wildman–Crippen LogP) is 3.61. The SMILES string of the molecule is CN(C)c1ccc(C2CN(c3ccccc3)CCN2c2cnccn2)cc1. The van der Waals surface area contributed by atoms with E-state index in [0.717, 1.165) is 25.5 Å². The Kier molecular flexibility index (Phi) is 4.92. The molecule has 1 aliphatic heterocycles. The molecule has 1 saturated heterocycles. The first-order valence-corrected chi connectivity index (χ1v) is 9.32. The van der Waals surface area contributed by atoms with Crippen molar-refractivity contribution in [2.75, 3.05) is 48.4 Å². The highest BCUT2D eigenvalue weighted by Gasteiger charge is 2.29. The van der Waals surface area contributed by atoms with Gasteiger partial charge in [0.05, 0.1) is 12.2 Å². The van der Waals surface area contributed by atoms with Crippen molar-refractivity contribution in [1.29, 1.82) is 0 Å². The molecule has 138 valence electrons. The zero-order chi connectivity index (χ0) is 18.6. The third-order valence-corrected chi connectivity index (χ3v) is 5.14. The number of aromatic nitrogens is 2. The summed E-state index contributed by atoms with van der Waals surface area (Å²) in [5, 5.41) is 0. The zero-order valence-corrected chi connectivity index (χ0v) is 15.9. The molecule has 1 unspecified atom stereocenters. The standard InChI is InChI=1S/C22H25N5/c1-25(2)19-10-8-18(9-11-19)21-17-26(20-6-4-3-5-7-20)14-15-27(21)22-16-23-12-13-24-22/h3-13,16,21H,14-15,17H2,1-2H3. The maximum Gasteiger partial charge on any atom is 0.147 e. The van der Waals surface area contributed by atoms with Crippen molar-refractivity contribution in [3.05, 3.63) is 78.8 Å². The Hall–Kier alpha value is -3.08. The number of hydrogen-bond acceptors (Lipinski definition) is 5. The van der Waals surface area contributed by atoms with E-state index in [9.17, 15) is 0 Å². The van der Waals surface area contributed by atoms with E-state index < -0.39 is 0 Å². The van der Waals surface area contributed by atoms with Crippen LogP contribution in [0.1, 0.15) is 11.6 Å². The zero-order valence-electron chi connectivity index (χ0n) is 15.9. The lowest BCUT2D eigenvalue weighted by molar-refractivity contribution is 0.534. The van der Waals surface area contributed by atoms with E-state index >= 15 is 0 Å². The number of nitrogens with zero attached hydrogens (tertiary/aromatic N) is 5. The van der Waals surface area contributed by atoms with E-state index in [-0.39, 0.29) is 6.04 Å². The van der Waals surface area contributed by atoms with Crippen LogP contribution >= 0.6 is 0 Å². The van der Waals surface area contributed by atoms with Gasteiger partial charge < -0.3 is 14.7 Å². The molecule has 1 fully saturated rings. The lowest BCUT2D eigenvalue weighted by Gasteiger charge is -2.43. The molecule has 0 saturated carbocycles. The van der Waals surface area contributed by atoms with Crippen LogP contribution in [-0.4, -0.2) is 43.7 Å². The Labute approximate surface area is 160 Å². The number of para-hydroxylation sites is 1. The van der Waals surface area contributed by atoms with Crippen molar-refractivity contribution in [3.8, 4) is 0 Å². The smallest absolute Gasteiger partial charge is 0.147 e. The Morgan fingerprint density at radius 3 is 2.37 bits per heavy atom. The van der Waals surface area contributed by atoms with Crippen molar-refractivity contribution in [2.24, 2.45) is 0 Å².